The summed E-state index contributed by atoms with van der Waals surface area (Å²) in [7, 11) is 0. The predicted octanol–water partition coefficient (Wildman–Crippen LogP) is 3.17. The second-order valence-electron chi connectivity index (χ2n) is 5.10. The highest BCUT2D eigenvalue weighted by Gasteiger charge is 2.16. The van der Waals surface area contributed by atoms with E-state index in [0.29, 0.717) is 11.5 Å². The van der Waals surface area contributed by atoms with E-state index in [0.717, 1.165) is 0 Å². The van der Waals surface area contributed by atoms with Crippen LogP contribution in [0.1, 0.15) is 27.7 Å². The molecule has 0 aliphatic carbocycles. The van der Waals surface area contributed by atoms with E-state index in [2.05, 4.69) is 10.3 Å². The molecule has 1 rings (SSSR count). The van der Waals surface area contributed by atoms with Crippen LogP contribution in [0.25, 0.3) is 0 Å². The number of amidine groups is 1. The first-order valence-electron chi connectivity index (χ1n) is 5.97. The number of carbonyl (C=O) groups is 1. The lowest BCUT2D eigenvalue weighted by molar-refractivity contribution is -0.384. The lowest BCUT2D eigenvalue weighted by Gasteiger charge is -2.19. The molecule has 20 heavy (non-hydrogen) atoms. The van der Waals surface area contributed by atoms with Gasteiger partial charge in [0.2, 0.25) is 0 Å². The van der Waals surface area contributed by atoms with Gasteiger partial charge in [0, 0.05) is 12.1 Å². The zero-order chi connectivity index (χ0) is 15.3. The van der Waals surface area contributed by atoms with Gasteiger partial charge >= 0.3 is 6.09 Å². The summed E-state index contributed by atoms with van der Waals surface area (Å²) in [6.07, 6.45) is -0.621. The van der Waals surface area contributed by atoms with Gasteiger partial charge in [0.15, 0.2) is 0 Å². The maximum absolute atomic E-state index is 11.5. The monoisotopic (exact) mass is 279 g/mol. The van der Waals surface area contributed by atoms with Crippen LogP contribution in [0, 0.1) is 10.1 Å². The molecule has 1 aromatic carbocycles. The van der Waals surface area contributed by atoms with E-state index in [1.165, 1.54) is 18.2 Å². The lowest BCUT2D eigenvalue weighted by atomic mass is 10.2. The largest absolute Gasteiger partial charge is 0.444 e. The van der Waals surface area contributed by atoms with Crippen molar-refractivity contribution >= 4 is 23.3 Å². The Labute approximate surface area is 116 Å². The molecular weight excluding hydrogens is 262 g/mol. The number of ether oxygens (including phenoxy) is 1. The number of aliphatic imine (C=N–C) groups is 1. The van der Waals surface area contributed by atoms with Gasteiger partial charge < -0.3 is 4.74 Å². The summed E-state index contributed by atoms with van der Waals surface area (Å²) in [6.45, 7) is 6.82. The Hall–Kier alpha value is -2.44. The number of nitrogens with one attached hydrogen (secondary N) is 1. The third-order valence-electron chi connectivity index (χ3n) is 2.02. The number of benzene rings is 1. The highest BCUT2D eigenvalue weighted by molar-refractivity contribution is 5.95. The third kappa shape index (κ3) is 5.47. The third-order valence-corrected chi connectivity index (χ3v) is 2.02. The van der Waals surface area contributed by atoms with Crippen LogP contribution >= 0.6 is 0 Å². The Kier molecular flexibility index (Phi) is 4.79. The molecule has 0 saturated heterocycles. The number of nitro groups is 1. The van der Waals surface area contributed by atoms with Crippen molar-refractivity contribution in [3.05, 3.63) is 34.4 Å². The van der Waals surface area contributed by atoms with Crippen molar-refractivity contribution in [2.24, 2.45) is 4.99 Å². The van der Waals surface area contributed by atoms with Crippen LogP contribution in [0.2, 0.25) is 0 Å². The maximum Gasteiger partial charge on any atom is 0.413 e. The van der Waals surface area contributed by atoms with Crippen LogP contribution in [0.3, 0.4) is 0 Å². The van der Waals surface area contributed by atoms with Crippen LogP contribution in [0.4, 0.5) is 16.2 Å². The van der Waals surface area contributed by atoms with Gasteiger partial charge in [0.25, 0.3) is 5.69 Å². The predicted molar refractivity (Wildman–Crippen MR) is 75.2 cm³/mol. The van der Waals surface area contributed by atoms with Gasteiger partial charge in [0.05, 0.1) is 10.6 Å². The summed E-state index contributed by atoms with van der Waals surface area (Å²) in [5.41, 5.74) is -0.278. The molecular formula is C13H17N3O4. The minimum absolute atomic E-state index is 0.0590. The van der Waals surface area contributed by atoms with E-state index in [4.69, 9.17) is 4.74 Å². The smallest absolute Gasteiger partial charge is 0.413 e. The molecule has 1 amide bonds. The number of alkyl carbamates (subject to hydrolysis) is 1. The molecule has 1 aromatic rings. The Bertz CT molecular complexity index is 547. The molecule has 0 heterocycles. The second-order valence-corrected chi connectivity index (χ2v) is 5.10. The highest BCUT2D eigenvalue weighted by Crippen LogP contribution is 2.19. The van der Waals surface area contributed by atoms with Gasteiger partial charge in [-0.2, -0.15) is 0 Å². The Balaban J connectivity index is 2.76. The number of carbonyl (C=O) groups excluding carboxylic acids is 1. The van der Waals surface area contributed by atoms with Crippen molar-refractivity contribution in [3.63, 3.8) is 0 Å². The fourth-order valence-corrected chi connectivity index (χ4v) is 1.35. The number of rotatable bonds is 2. The van der Waals surface area contributed by atoms with E-state index in [1.54, 1.807) is 33.8 Å². The molecule has 0 unspecified atom stereocenters. The zero-order valence-electron chi connectivity index (χ0n) is 11.8. The molecule has 0 aliphatic heterocycles. The first-order chi connectivity index (χ1) is 9.17. The normalized spacial score (nSPS) is 11.9. The minimum Gasteiger partial charge on any atom is -0.444 e. The molecule has 7 heteroatoms. The fourth-order valence-electron chi connectivity index (χ4n) is 1.35. The molecule has 0 aliphatic rings. The fraction of sp³-hybridized carbons (Fsp3) is 0.385. The zero-order valence-corrected chi connectivity index (χ0v) is 11.8. The molecule has 0 saturated carbocycles. The maximum atomic E-state index is 11.5. The second kappa shape index (κ2) is 6.14. The van der Waals surface area contributed by atoms with Crippen molar-refractivity contribution in [3.8, 4) is 0 Å². The van der Waals surface area contributed by atoms with Crippen LogP contribution in [0.5, 0.6) is 0 Å². The standard InChI is InChI=1S/C13H17N3O4/c1-9(15-12(17)20-13(2,3)4)14-10-6-5-7-11(8-10)16(18)19/h5-8H,1-4H3,(H,14,15,17). The SMILES string of the molecule is CC(=Nc1cccc([N+](=O)[O-])c1)NC(=O)OC(C)(C)C. The molecule has 0 fully saturated rings. The van der Waals surface area contributed by atoms with Crippen molar-refractivity contribution in [2.45, 2.75) is 33.3 Å². The topological polar surface area (TPSA) is 93.8 Å². The number of hydrogen-bond donors (Lipinski definition) is 1. The number of nitrogens with zero attached hydrogens (tertiary/aromatic N) is 2. The van der Waals surface area contributed by atoms with Gasteiger partial charge in [-0.25, -0.2) is 9.79 Å². The van der Waals surface area contributed by atoms with Crippen LogP contribution < -0.4 is 5.32 Å². The summed E-state index contributed by atoms with van der Waals surface area (Å²) < 4.78 is 5.07. The molecule has 0 spiro atoms. The van der Waals surface area contributed by atoms with E-state index >= 15 is 0 Å². The molecule has 7 nitrogen and oxygen atoms in total. The van der Waals surface area contributed by atoms with Gasteiger partial charge in [-0.15, -0.1) is 0 Å². The summed E-state index contributed by atoms with van der Waals surface area (Å²) in [4.78, 5) is 25.7. The number of amides is 1. The Morgan fingerprint density at radius 2 is 2.05 bits per heavy atom. The molecule has 0 radical (unpaired) electrons. The number of non-ortho nitro benzene ring substituents is 1. The van der Waals surface area contributed by atoms with Crippen molar-refractivity contribution in [2.75, 3.05) is 0 Å². The van der Waals surface area contributed by atoms with Gasteiger partial charge in [-0.3, -0.25) is 15.4 Å². The molecule has 0 aromatic heterocycles. The summed E-state index contributed by atoms with van der Waals surface area (Å²) >= 11 is 0. The Morgan fingerprint density at radius 3 is 2.60 bits per heavy atom. The van der Waals surface area contributed by atoms with Gasteiger partial charge in [-0.1, -0.05) is 6.07 Å². The summed E-state index contributed by atoms with van der Waals surface area (Å²) in [5.74, 6) is 0.291. The van der Waals surface area contributed by atoms with E-state index < -0.39 is 16.6 Å². The van der Waals surface area contributed by atoms with E-state index in [9.17, 15) is 14.9 Å². The Morgan fingerprint density at radius 1 is 1.40 bits per heavy atom. The van der Waals surface area contributed by atoms with E-state index in [-0.39, 0.29) is 5.69 Å². The van der Waals surface area contributed by atoms with Crippen LogP contribution in [0.15, 0.2) is 29.3 Å². The van der Waals surface area contributed by atoms with Crippen LogP contribution in [-0.4, -0.2) is 22.5 Å². The lowest BCUT2D eigenvalue weighted by Crippen LogP contribution is -2.35. The van der Waals surface area contributed by atoms with E-state index in [1.807, 2.05) is 0 Å². The van der Waals surface area contributed by atoms with Gasteiger partial charge in [-0.05, 0) is 33.8 Å². The van der Waals surface area contributed by atoms with Crippen molar-refractivity contribution in [1.29, 1.82) is 0 Å². The number of nitro benzene ring substituents is 1. The molecule has 108 valence electrons. The quantitative estimate of drug-likeness (QED) is 0.389. The first kappa shape index (κ1) is 15.6. The number of hydrogen-bond acceptors (Lipinski definition) is 5. The molecule has 0 atom stereocenters. The van der Waals surface area contributed by atoms with Gasteiger partial charge in [0.1, 0.15) is 11.4 Å². The molecule has 1 N–H and O–H groups in total. The summed E-state index contributed by atoms with van der Waals surface area (Å²) in [5, 5.41) is 13.1. The van der Waals surface area contributed by atoms with Crippen LogP contribution in [-0.2, 0) is 4.74 Å². The average Bonchev–Trinajstić information content (AvgIpc) is 2.25. The average molecular weight is 279 g/mol. The van der Waals surface area contributed by atoms with Crippen molar-refractivity contribution < 1.29 is 14.5 Å². The first-order valence-corrected chi connectivity index (χ1v) is 5.97. The summed E-state index contributed by atoms with van der Waals surface area (Å²) in [6, 6.07) is 5.82. The highest BCUT2D eigenvalue weighted by atomic mass is 16.6. The molecule has 0 bridgehead atoms. The van der Waals surface area contributed by atoms with Crippen molar-refractivity contribution in [1.82, 2.24) is 5.32 Å². The minimum atomic E-state index is -0.621.